The molecule has 0 unspecified atom stereocenters. The van der Waals surface area contributed by atoms with Gasteiger partial charge in [-0.2, -0.15) is 0 Å². The van der Waals surface area contributed by atoms with Crippen LogP contribution < -0.4 is 0 Å². The minimum absolute atomic E-state index is 0.154. The van der Waals surface area contributed by atoms with Gasteiger partial charge in [0, 0.05) is 44.6 Å². The van der Waals surface area contributed by atoms with E-state index < -0.39 is 0 Å². The van der Waals surface area contributed by atoms with Gasteiger partial charge in [0.2, 0.25) is 0 Å². The van der Waals surface area contributed by atoms with Gasteiger partial charge in [0.15, 0.2) is 0 Å². The molecule has 0 spiro atoms. The van der Waals surface area contributed by atoms with Crippen molar-refractivity contribution in [2.24, 2.45) is 0 Å². The number of fused-ring (bicyclic) bond motifs is 6. The van der Waals surface area contributed by atoms with Gasteiger partial charge >= 0.3 is 0 Å². The summed E-state index contributed by atoms with van der Waals surface area (Å²) in [4.78, 5) is 0. The van der Waals surface area contributed by atoms with Crippen molar-refractivity contribution in [1.82, 2.24) is 0 Å². The molecule has 0 bridgehead atoms. The van der Waals surface area contributed by atoms with Crippen LogP contribution in [0.5, 0.6) is 0 Å². The lowest BCUT2D eigenvalue weighted by Gasteiger charge is -2.33. The Morgan fingerprint density at radius 1 is 0.365 bits per heavy atom. The fourth-order valence-electron chi connectivity index (χ4n) is 7.54. The summed E-state index contributed by atoms with van der Waals surface area (Å²) in [5, 5.41) is 4.57. The molecule has 0 radical (unpaired) electrons. The zero-order valence-corrected chi connectivity index (χ0v) is 42.6. The van der Waals surface area contributed by atoms with Crippen molar-refractivity contribution in [2.45, 2.75) is 102 Å². The predicted molar refractivity (Wildman–Crippen MR) is 258 cm³/mol. The highest BCUT2D eigenvalue weighted by atomic mass is 79.9. The standard InChI is InChI=1S/C25H30Br4.C13H8Br2.C6H12Br2/c26-15-7-3-1-5-13-25(14-6-2-4-8-16-27)23-17-19(28)9-11-21(23)22-12-10-20(29)18-24(22)25;14-10-1-3-12-8(6-10)5-9-7-11(15)2-4-13(9)12;7-5-3-1-2-4-6-8/h9-12,17-18H,1-8,13-16H2;1-4,6-7H,5H2;1-6H2. The third kappa shape index (κ3) is 13.1. The molecular weight excluding hydrogens is 1170 g/mol. The first kappa shape index (κ1) is 45.4. The molecule has 0 aliphatic heterocycles. The molecule has 282 valence electrons. The van der Waals surface area contributed by atoms with E-state index in [4.69, 9.17) is 0 Å². The van der Waals surface area contributed by atoms with E-state index in [9.17, 15) is 0 Å². The summed E-state index contributed by atoms with van der Waals surface area (Å²) in [5.74, 6) is 0. The zero-order valence-electron chi connectivity index (χ0n) is 29.9. The average molecular weight is 1220 g/mol. The Labute approximate surface area is 381 Å². The van der Waals surface area contributed by atoms with E-state index in [2.05, 4.69) is 200 Å². The van der Waals surface area contributed by atoms with E-state index in [1.807, 2.05) is 0 Å². The molecule has 6 rings (SSSR count). The van der Waals surface area contributed by atoms with E-state index in [-0.39, 0.29) is 5.41 Å². The van der Waals surface area contributed by atoms with Crippen LogP contribution in [0.3, 0.4) is 0 Å². The number of alkyl halides is 4. The van der Waals surface area contributed by atoms with Gasteiger partial charge in [0.05, 0.1) is 0 Å². The van der Waals surface area contributed by atoms with Crippen LogP contribution >= 0.6 is 127 Å². The van der Waals surface area contributed by atoms with Crippen molar-refractivity contribution >= 4 is 127 Å². The van der Waals surface area contributed by atoms with Crippen molar-refractivity contribution in [2.75, 3.05) is 21.3 Å². The summed E-state index contributed by atoms with van der Waals surface area (Å²) in [6.07, 6.45) is 19.4. The molecule has 8 heteroatoms. The lowest BCUT2D eigenvalue weighted by atomic mass is 9.70. The molecule has 4 aromatic carbocycles. The second-order valence-electron chi connectivity index (χ2n) is 13.7. The van der Waals surface area contributed by atoms with Crippen LogP contribution in [0.15, 0.2) is 90.7 Å². The molecule has 0 atom stereocenters. The molecule has 0 N–H and O–H groups in total. The third-order valence-electron chi connectivity index (χ3n) is 10.1. The summed E-state index contributed by atoms with van der Waals surface area (Å²) in [5.41, 5.74) is 11.7. The molecule has 0 saturated heterocycles. The molecule has 0 nitrogen and oxygen atoms in total. The maximum Gasteiger partial charge on any atom is 0.0216 e. The molecule has 4 aromatic rings. The summed E-state index contributed by atoms with van der Waals surface area (Å²) in [7, 11) is 0. The Hall–Kier alpha value is 0.720. The van der Waals surface area contributed by atoms with Gasteiger partial charge in [-0.3, -0.25) is 0 Å². The fourth-order valence-corrected chi connectivity index (χ4v) is 10.7. The van der Waals surface area contributed by atoms with Crippen LogP contribution in [0.4, 0.5) is 0 Å². The molecule has 0 heterocycles. The van der Waals surface area contributed by atoms with E-state index in [1.165, 1.54) is 132 Å². The van der Waals surface area contributed by atoms with E-state index in [0.29, 0.717) is 0 Å². The van der Waals surface area contributed by atoms with Crippen LogP contribution in [0.2, 0.25) is 0 Å². The van der Waals surface area contributed by atoms with Crippen molar-refractivity contribution in [1.29, 1.82) is 0 Å². The van der Waals surface area contributed by atoms with Crippen molar-refractivity contribution in [3.63, 3.8) is 0 Å². The molecule has 0 aromatic heterocycles. The Morgan fingerprint density at radius 2 is 0.673 bits per heavy atom. The first-order valence-corrected chi connectivity index (χ1v) is 26.3. The van der Waals surface area contributed by atoms with E-state index in [1.54, 1.807) is 11.1 Å². The quantitative estimate of drug-likeness (QED) is 0.0643. The van der Waals surface area contributed by atoms with Gasteiger partial charge in [-0.25, -0.2) is 0 Å². The smallest absolute Gasteiger partial charge is 0.0216 e. The highest BCUT2D eigenvalue weighted by molar-refractivity contribution is 9.11. The summed E-state index contributed by atoms with van der Waals surface area (Å²) in [6, 6.07) is 26.9. The normalized spacial score (nSPS) is 12.9. The van der Waals surface area contributed by atoms with Gasteiger partial charge < -0.3 is 0 Å². The zero-order chi connectivity index (χ0) is 37.3. The highest BCUT2D eigenvalue weighted by Gasteiger charge is 2.42. The van der Waals surface area contributed by atoms with Gasteiger partial charge in [-0.1, -0.05) is 203 Å². The number of benzene rings is 4. The van der Waals surface area contributed by atoms with Crippen molar-refractivity contribution in [3.05, 3.63) is 113 Å². The lowest BCUT2D eigenvalue weighted by Crippen LogP contribution is -2.25. The van der Waals surface area contributed by atoms with Crippen LogP contribution in [0.25, 0.3) is 22.3 Å². The Kier molecular flexibility index (Phi) is 21.4. The Bertz CT molecular complexity index is 1560. The third-order valence-corrected chi connectivity index (χ3v) is 14.3. The first-order chi connectivity index (χ1) is 25.3. The number of unbranched alkanes of at least 4 members (excludes halogenated alkanes) is 9. The van der Waals surface area contributed by atoms with Crippen LogP contribution in [0, 0.1) is 0 Å². The lowest BCUT2D eigenvalue weighted by molar-refractivity contribution is 0.401. The highest BCUT2D eigenvalue weighted by Crippen LogP contribution is 2.55. The Morgan fingerprint density at radius 3 is 1.02 bits per heavy atom. The average Bonchev–Trinajstić information content (AvgIpc) is 3.61. The van der Waals surface area contributed by atoms with Crippen molar-refractivity contribution in [3.8, 4) is 22.3 Å². The number of rotatable bonds is 17. The Balaban J connectivity index is 0.000000216. The molecule has 2 aliphatic rings. The van der Waals surface area contributed by atoms with Gasteiger partial charge in [0.25, 0.3) is 0 Å². The minimum atomic E-state index is 0.154. The second-order valence-corrected chi connectivity index (χ2v) is 20.6. The molecule has 52 heavy (non-hydrogen) atoms. The number of halogens is 8. The number of hydrogen-bond acceptors (Lipinski definition) is 0. The summed E-state index contributed by atoms with van der Waals surface area (Å²) in [6.45, 7) is 0. The summed E-state index contributed by atoms with van der Waals surface area (Å²) >= 11 is 28.5. The molecule has 2 aliphatic carbocycles. The van der Waals surface area contributed by atoms with Crippen molar-refractivity contribution < 1.29 is 0 Å². The van der Waals surface area contributed by atoms with Crippen LogP contribution in [-0.4, -0.2) is 21.3 Å². The van der Waals surface area contributed by atoms with Crippen LogP contribution in [0.1, 0.15) is 112 Å². The predicted octanol–water partition coefficient (Wildman–Crippen LogP) is 18.3. The first-order valence-electron chi connectivity index (χ1n) is 18.7. The van der Waals surface area contributed by atoms with E-state index >= 15 is 0 Å². The second kappa shape index (κ2) is 24.5. The number of hydrogen-bond donors (Lipinski definition) is 0. The molecule has 0 amide bonds. The van der Waals surface area contributed by atoms with Gasteiger partial charge in [-0.15, -0.1) is 0 Å². The minimum Gasteiger partial charge on any atom is -0.0928 e. The van der Waals surface area contributed by atoms with E-state index in [0.717, 1.165) is 36.7 Å². The molecular formula is C44H50Br8. The van der Waals surface area contributed by atoms with Gasteiger partial charge in [-0.05, 0) is 138 Å². The largest absolute Gasteiger partial charge is 0.0928 e. The maximum atomic E-state index is 3.76. The molecule has 0 fully saturated rings. The SMILES string of the molecule is BrCCCCCCBr.BrCCCCCCC1(CCCCCCBr)c2cc(Br)ccc2-c2ccc(Br)cc21.Brc1ccc2c(c1)Cc1cc(Br)ccc1-2. The molecule has 0 saturated carbocycles. The van der Waals surface area contributed by atoms with Crippen LogP contribution in [-0.2, 0) is 11.8 Å². The maximum absolute atomic E-state index is 3.76. The topological polar surface area (TPSA) is 0 Å². The summed E-state index contributed by atoms with van der Waals surface area (Å²) < 4.78 is 4.72. The monoisotopic (exact) mass is 1210 g/mol. The fraction of sp³-hybridized carbons (Fsp3) is 0.455. The van der Waals surface area contributed by atoms with Gasteiger partial charge in [0.1, 0.15) is 0 Å².